The number of rotatable bonds is 14. The normalized spacial score (nSPS) is 23.6. The fourth-order valence-electron chi connectivity index (χ4n) is 8.74. The number of nitrogens with zero attached hydrogens (tertiary/aromatic N) is 3. The van der Waals surface area contributed by atoms with Crippen molar-refractivity contribution >= 4 is 91.6 Å². The fraction of sp³-hybridized carbons (Fsp3) is 0.365. The number of guanidine groups is 1. The number of hydrogen-bond donors (Lipinski definition) is 11. The van der Waals surface area contributed by atoms with Crippen LogP contribution in [-0.2, 0) is 64.0 Å². The van der Waals surface area contributed by atoms with E-state index in [0.717, 1.165) is 43.0 Å². The van der Waals surface area contributed by atoms with Crippen molar-refractivity contribution in [1.82, 2.24) is 57.1 Å². The number of aliphatic imine (C=N–C) groups is 1. The highest BCUT2D eigenvalue weighted by molar-refractivity contribution is 8.76. The summed E-state index contributed by atoms with van der Waals surface area (Å²) in [4.78, 5) is 143. The molecule has 2 aliphatic heterocycles. The molecule has 0 spiro atoms. The number of para-hydroxylation sites is 1. The molecule has 13 N–H and O–H groups in total. The third-order valence-corrected chi connectivity index (χ3v) is 15.3. The van der Waals surface area contributed by atoms with E-state index in [-0.39, 0.29) is 62.5 Å². The zero-order valence-corrected chi connectivity index (χ0v) is 43.9. The number of nitrogens with one attached hydrogen (secondary N) is 9. The van der Waals surface area contributed by atoms with Gasteiger partial charge in [-0.25, -0.2) is 14.7 Å². The fourth-order valence-corrected chi connectivity index (χ4v) is 11.2. The maximum Gasteiger partial charge on any atom is 0.325 e. The van der Waals surface area contributed by atoms with Crippen LogP contribution in [0.1, 0.15) is 49.1 Å². The van der Waals surface area contributed by atoms with E-state index in [1.807, 2.05) is 30.3 Å². The topological polar surface area (TPSA) is 350 Å². The second-order valence-electron chi connectivity index (χ2n) is 18.6. The maximum atomic E-state index is 14.7. The molecule has 0 saturated carbocycles. The molecule has 406 valence electrons. The van der Waals surface area contributed by atoms with Crippen LogP contribution in [0.4, 0.5) is 4.79 Å². The van der Waals surface area contributed by atoms with E-state index in [0.29, 0.717) is 16.8 Å². The number of H-pyrrole nitrogens is 2. The van der Waals surface area contributed by atoms with Crippen molar-refractivity contribution in [2.45, 2.75) is 101 Å². The number of carbonyl (C=O) groups excluding carboxylic acids is 9. The number of nitrogens with two attached hydrogens (primary N) is 2. The molecule has 0 aliphatic carbocycles. The first kappa shape index (κ1) is 56.5. The van der Waals surface area contributed by atoms with Crippen LogP contribution in [-0.4, -0.2) is 145 Å². The lowest BCUT2D eigenvalue weighted by atomic mass is 10.0. The predicted octanol–water partition coefficient (Wildman–Crippen LogP) is 0.417. The van der Waals surface area contributed by atoms with Gasteiger partial charge in [0.15, 0.2) is 11.7 Å². The average Bonchev–Trinajstić information content (AvgIpc) is 4.15. The first-order valence-corrected chi connectivity index (χ1v) is 27.4. The zero-order chi connectivity index (χ0) is 55.0. The molecule has 8 atom stereocenters. The smallest absolute Gasteiger partial charge is 0.325 e. The Morgan fingerprint density at radius 1 is 0.636 bits per heavy atom. The Morgan fingerprint density at radius 3 is 1.86 bits per heavy atom. The molecule has 0 radical (unpaired) electrons. The van der Waals surface area contributed by atoms with Crippen molar-refractivity contribution in [2.75, 3.05) is 18.1 Å². The molecule has 4 heterocycles. The quantitative estimate of drug-likeness (QED) is 0.0236. The van der Waals surface area contributed by atoms with Crippen LogP contribution in [0, 0.1) is 0 Å². The van der Waals surface area contributed by atoms with Crippen molar-refractivity contribution < 1.29 is 43.2 Å². The lowest BCUT2D eigenvalue weighted by Gasteiger charge is -2.28. The van der Waals surface area contributed by atoms with Gasteiger partial charge in [-0.15, -0.1) is 0 Å². The van der Waals surface area contributed by atoms with Crippen LogP contribution in [0.5, 0.6) is 0 Å². The van der Waals surface area contributed by atoms with Crippen LogP contribution >= 0.6 is 21.6 Å². The monoisotopic (exact) mass is 1090 g/mol. The van der Waals surface area contributed by atoms with E-state index in [2.05, 4.69) is 57.2 Å². The molecule has 2 aliphatic rings. The summed E-state index contributed by atoms with van der Waals surface area (Å²) in [6.07, 6.45) is 4.52. The van der Waals surface area contributed by atoms with Gasteiger partial charge in [-0.1, -0.05) is 100 Å². The Labute approximate surface area is 451 Å². The van der Waals surface area contributed by atoms with Gasteiger partial charge in [-0.2, -0.15) is 0 Å². The summed E-state index contributed by atoms with van der Waals surface area (Å²) in [6.45, 7) is 2.72. The van der Waals surface area contributed by atoms with E-state index in [1.165, 1.54) is 26.4 Å². The van der Waals surface area contributed by atoms with Crippen molar-refractivity contribution in [1.29, 1.82) is 0 Å². The summed E-state index contributed by atoms with van der Waals surface area (Å²) in [5, 5.41) is 19.9. The number of ketones is 1. The summed E-state index contributed by atoms with van der Waals surface area (Å²) in [7, 11) is 2.12. The number of carbonyl (C=O) groups is 9. The van der Waals surface area contributed by atoms with Crippen LogP contribution < -0.4 is 48.7 Å². The number of amides is 9. The summed E-state index contributed by atoms with van der Waals surface area (Å²) in [6, 6.07) is 13.8. The number of benzene rings is 3. The SMILES string of the molecule is CC(=O)[C@@H]1CSSC[C@H](N2C(=O)N[C@@H](Cc3ccccc3)C2=O)C(=O)N[C@H](C)C(=O)N[C@@H](Cc2cnc[nH]2)C(=O)N[C@H](Cc2ccccc2)C(=O)N[C@@H](CCCN=C(N)N)C(=O)N[C@@H](Cc2c[nH]c3ccccc23)C(=O)N1. The van der Waals surface area contributed by atoms with Crippen molar-refractivity contribution in [3.8, 4) is 0 Å². The minimum absolute atomic E-state index is 0.0345. The summed E-state index contributed by atoms with van der Waals surface area (Å²) < 4.78 is 0. The van der Waals surface area contributed by atoms with Crippen molar-refractivity contribution in [2.24, 2.45) is 16.5 Å². The maximum absolute atomic E-state index is 14.7. The highest BCUT2D eigenvalue weighted by Crippen LogP contribution is 2.27. The molecule has 9 amide bonds. The Kier molecular flexibility index (Phi) is 19.8. The summed E-state index contributed by atoms with van der Waals surface area (Å²) >= 11 is 0. The molecule has 25 heteroatoms. The number of imide groups is 1. The van der Waals surface area contributed by atoms with E-state index in [9.17, 15) is 43.2 Å². The van der Waals surface area contributed by atoms with Gasteiger partial charge in [0.25, 0.3) is 5.91 Å². The Bertz CT molecular complexity index is 2940. The Hall–Kier alpha value is -8.19. The lowest BCUT2D eigenvalue weighted by molar-refractivity contribution is -0.137. The van der Waals surface area contributed by atoms with Crippen LogP contribution in [0.2, 0.25) is 0 Å². The third-order valence-electron chi connectivity index (χ3n) is 12.9. The second-order valence-corrected chi connectivity index (χ2v) is 21.2. The van der Waals surface area contributed by atoms with Gasteiger partial charge < -0.3 is 58.7 Å². The number of hydrogen-bond acceptors (Lipinski definition) is 13. The number of aromatic amines is 2. The molecule has 3 aromatic carbocycles. The zero-order valence-electron chi connectivity index (χ0n) is 42.3. The molecule has 2 aromatic heterocycles. The molecule has 23 nitrogen and oxygen atoms in total. The lowest BCUT2D eigenvalue weighted by Crippen LogP contribution is -2.60. The van der Waals surface area contributed by atoms with Crippen LogP contribution in [0.15, 0.2) is 109 Å². The minimum atomic E-state index is -1.49. The average molecular weight is 1090 g/mol. The van der Waals surface area contributed by atoms with E-state index >= 15 is 0 Å². The molecule has 7 rings (SSSR count). The largest absolute Gasteiger partial charge is 0.370 e. The molecule has 77 heavy (non-hydrogen) atoms. The van der Waals surface area contributed by atoms with Gasteiger partial charge in [0, 0.05) is 72.7 Å². The molecule has 2 saturated heterocycles. The second kappa shape index (κ2) is 27.0. The molecular formula is C52H62N14O9S2. The highest BCUT2D eigenvalue weighted by atomic mass is 33.1. The minimum Gasteiger partial charge on any atom is -0.370 e. The number of aromatic nitrogens is 3. The van der Waals surface area contributed by atoms with E-state index in [1.54, 1.807) is 60.8 Å². The van der Waals surface area contributed by atoms with Gasteiger partial charge in [0.1, 0.15) is 42.3 Å². The van der Waals surface area contributed by atoms with E-state index < -0.39 is 101 Å². The molecule has 2 fully saturated rings. The van der Waals surface area contributed by atoms with Crippen LogP contribution in [0.3, 0.4) is 0 Å². The molecular weight excluding hydrogens is 1030 g/mol. The van der Waals surface area contributed by atoms with Gasteiger partial charge in [0.05, 0.1) is 12.4 Å². The van der Waals surface area contributed by atoms with Crippen LogP contribution in [0.25, 0.3) is 10.9 Å². The Balaban J connectivity index is 1.24. The van der Waals surface area contributed by atoms with Gasteiger partial charge >= 0.3 is 6.03 Å². The number of imidazole rings is 1. The summed E-state index contributed by atoms with van der Waals surface area (Å²) in [5.41, 5.74) is 14.4. The van der Waals surface area contributed by atoms with Gasteiger partial charge in [-0.05, 0) is 49.4 Å². The summed E-state index contributed by atoms with van der Waals surface area (Å²) in [5.74, 6) is -6.43. The van der Waals surface area contributed by atoms with Crippen molar-refractivity contribution in [3.05, 3.63) is 126 Å². The third kappa shape index (κ3) is 15.7. The first-order chi connectivity index (χ1) is 37.0. The molecule has 5 aromatic rings. The van der Waals surface area contributed by atoms with Gasteiger partial charge in [0.2, 0.25) is 35.4 Å². The predicted molar refractivity (Wildman–Crippen MR) is 290 cm³/mol. The molecule has 0 unspecified atom stereocenters. The first-order valence-electron chi connectivity index (χ1n) is 24.9. The van der Waals surface area contributed by atoms with E-state index in [4.69, 9.17) is 11.5 Å². The number of urea groups is 1. The molecule has 0 bridgehead atoms. The van der Waals surface area contributed by atoms with Gasteiger partial charge in [-0.3, -0.25) is 43.3 Å². The number of Topliss-reactive ketones (excluding diaryl/α,β-unsaturated/α-hetero) is 1. The standard InChI is InChI=1S/C52H62N14O9S2/c1-29-44(68)61-40(23-34-25-55-28-58-34)48(72)62-38(20-31-12-5-3-6-13-31)46(70)60-37(18-11-19-56-51(53)54)45(69)63-39(22-33-24-57-36-17-10-9-16-35(33)36)47(71)64-42(30(2)67)26-76-77-27-43(49(73)59-29)66-50(74)41(65-52(66)75)21-32-14-7-4-8-15-32/h3-10,12-17,24-25,28-29,37-43,57H,11,18-23,26-27H2,1-2H3,(H,55,58)(H,59,73)(H,60,70)(H,61,68)(H,62,72)(H,63,69)(H,64,71)(H,65,75)(H4,53,54,56)/t29-,37+,38-,39+,40+,41+,42+,43+/m1/s1. The number of fused-ring (bicyclic) bond motifs is 1. The Morgan fingerprint density at radius 2 is 1.21 bits per heavy atom. The van der Waals surface area contributed by atoms with Crippen molar-refractivity contribution in [3.63, 3.8) is 0 Å². The highest BCUT2D eigenvalue weighted by Gasteiger charge is 2.45.